The highest BCUT2D eigenvalue weighted by Crippen LogP contribution is 2.41. The lowest BCUT2D eigenvalue weighted by atomic mass is 9.77. The number of nitrogens with one attached hydrogen (secondary N) is 1. The van der Waals surface area contributed by atoms with Gasteiger partial charge in [-0.05, 0) is 55.4 Å². The van der Waals surface area contributed by atoms with Gasteiger partial charge in [-0.2, -0.15) is 0 Å². The molecule has 0 aromatic heterocycles. The highest BCUT2D eigenvalue weighted by molar-refractivity contribution is 7.99. The van der Waals surface area contributed by atoms with Gasteiger partial charge >= 0.3 is 0 Å². The third-order valence-electron chi connectivity index (χ3n) is 7.19. The lowest BCUT2D eigenvalue weighted by Gasteiger charge is -2.39. The number of halogens is 2. The second-order valence-corrected chi connectivity index (χ2v) is 10.8. The van der Waals surface area contributed by atoms with Crippen LogP contribution in [0.3, 0.4) is 0 Å². The Morgan fingerprint density at radius 1 is 1.00 bits per heavy atom. The van der Waals surface area contributed by atoms with E-state index < -0.39 is 29.1 Å². The fraction of sp³-hybridized carbons (Fsp3) is 0.444. The van der Waals surface area contributed by atoms with E-state index in [0.717, 1.165) is 17.4 Å². The first-order chi connectivity index (χ1) is 17.2. The van der Waals surface area contributed by atoms with E-state index in [1.54, 1.807) is 0 Å². The van der Waals surface area contributed by atoms with Crippen LogP contribution in [0.2, 0.25) is 0 Å². The van der Waals surface area contributed by atoms with Gasteiger partial charge in [0.25, 0.3) is 5.91 Å². The molecule has 36 heavy (non-hydrogen) atoms. The van der Waals surface area contributed by atoms with Gasteiger partial charge in [0.2, 0.25) is 11.8 Å². The number of thioether (sulfide) groups is 1. The van der Waals surface area contributed by atoms with Gasteiger partial charge in [-0.3, -0.25) is 14.4 Å². The molecular formula is C27H31F2N3O3S. The fourth-order valence-electron chi connectivity index (χ4n) is 5.06. The van der Waals surface area contributed by atoms with E-state index in [1.807, 2.05) is 35.2 Å². The van der Waals surface area contributed by atoms with Gasteiger partial charge in [0.1, 0.15) is 23.2 Å². The van der Waals surface area contributed by atoms with Gasteiger partial charge in [0, 0.05) is 43.8 Å². The number of likely N-dealkylation sites (tertiary alicyclic amines) is 2. The zero-order valence-corrected chi connectivity index (χ0v) is 21.4. The molecule has 0 radical (unpaired) electrons. The summed E-state index contributed by atoms with van der Waals surface area (Å²) < 4.78 is 28.7. The summed E-state index contributed by atoms with van der Waals surface area (Å²) in [4.78, 5) is 42.4. The smallest absolute Gasteiger partial charge is 0.259 e. The molecule has 2 saturated heterocycles. The number of hydrogen-bond acceptors (Lipinski definition) is 4. The number of benzene rings is 2. The van der Waals surface area contributed by atoms with Crippen LogP contribution in [0.1, 0.15) is 42.1 Å². The Morgan fingerprint density at radius 3 is 2.28 bits per heavy atom. The van der Waals surface area contributed by atoms with E-state index in [4.69, 9.17) is 0 Å². The van der Waals surface area contributed by atoms with E-state index in [-0.39, 0.29) is 22.8 Å². The third kappa shape index (κ3) is 5.72. The zero-order valence-electron chi connectivity index (χ0n) is 20.6. The molecule has 3 amide bonds. The number of nitrogens with zero attached hydrogens (tertiary/aromatic N) is 2. The largest absolute Gasteiger partial charge is 0.344 e. The van der Waals surface area contributed by atoms with Crippen molar-refractivity contribution in [3.05, 3.63) is 65.2 Å². The van der Waals surface area contributed by atoms with E-state index in [1.165, 1.54) is 36.6 Å². The highest BCUT2D eigenvalue weighted by atomic mass is 32.2. The topological polar surface area (TPSA) is 69.7 Å². The van der Waals surface area contributed by atoms with Crippen molar-refractivity contribution in [2.75, 3.05) is 31.9 Å². The quantitative estimate of drug-likeness (QED) is 0.590. The molecule has 2 aliphatic rings. The SMILES string of the molecule is CC(=O)NC(CSc1ccccc1)C(=O)N1CCC2(CCN(C(=O)c3c(F)ccc(C)c3F)CC2)C1. The Morgan fingerprint density at radius 2 is 1.64 bits per heavy atom. The number of hydrogen-bond donors (Lipinski definition) is 1. The molecule has 9 heteroatoms. The molecule has 6 nitrogen and oxygen atoms in total. The van der Waals surface area contributed by atoms with E-state index in [9.17, 15) is 23.2 Å². The normalized spacial score (nSPS) is 17.8. The molecule has 2 aromatic carbocycles. The molecule has 1 N–H and O–H groups in total. The molecular weight excluding hydrogens is 484 g/mol. The van der Waals surface area contributed by atoms with Gasteiger partial charge in [-0.1, -0.05) is 24.3 Å². The monoisotopic (exact) mass is 515 g/mol. The van der Waals surface area contributed by atoms with Crippen LogP contribution < -0.4 is 5.32 Å². The van der Waals surface area contributed by atoms with Gasteiger partial charge in [-0.15, -0.1) is 11.8 Å². The van der Waals surface area contributed by atoms with Crippen LogP contribution >= 0.6 is 11.8 Å². The molecule has 2 fully saturated rings. The van der Waals surface area contributed by atoms with E-state index in [2.05, 4.69) is 5.32 Å². The molecule has 1 unspecified atom stereocenters. The van der Waals surface area contributed by atoms with Crippen molar-refractivity contribution in [1.82, 2.24) is 15.1 Å². The van der Waals surface area contributed by atoms with Gasteiger partial charge in [-0.25, -0.2) is 8.78 Å². The number of piperidine rings is 1. The average molecular weight is 516 g/mol. The Balaban J connectivity index is 1.37. The summed E-state index contributed by atoms with van der Waals surface area (Å²) in [6.07, 6.45) is 2.11. The minimum absolute atomic E-state index is 0.104. The summed E-state index contributed by atoms with van der Waals surface area (Å²) in [5.74, 6) is -2.21. The van der Waals surface area contributed by atoms with Gasteiger partial charge in [0.15, 0.2) is 0 Å². The summed E-state index contributed by atoms with van der Waals surface area (Å²) in [5.41, 5.74) is -0.399. The minimum atomic E-state index is -0.849. The van der Waals surface area contributed by atoms with Crippen molar-refractivity contribution in [3.8, 4) is 0 Å². The van der Waals surface area contributed by atoms with Crippen LogP contribution in [0, 0.1) is 24.0 Å². The van der Waals surface area contributed by atoms with Crippen LogP contribution in [-0.4, -0.2) is 65.5 Å². The Kier molecular flexibility index (Phi) is 7.97. The lowest BCUT2D eigenvalue weighted by Crippen LogP contribution is -2.50. The van der Waals surface area contributed by atoms with Crippen molar-refractivity contribution < 1.29 is 23.2 Å². The van der Waals surface area contributed by atoms with Crippen LogP contribution in [-0.2, 0) is 9.59 Å². The maximum Gasteiger partial charge on any atom is 0.259 e. The van der Waals surface area contributed by atoms with Crippen LogP contribution in [0.15, 0.2) is 47.4 Å². The van der Waals surface area contributed by atoms with Gasteiger partial charge in [0.05, 0.1) is 0 Å². The van der Waals surface area contributed by atoms with Crippen molar-refractivity contribution in [2.45, 2.75) is 44.0 Å². The molecule has 1 spiro atoms. The number of rotatable bonds is 6. The molecule has 2 aromatic rings. The van der Waals surface area contributed by atoms with Gasteiger partial charge < -0.3 is 15.1 Å². The fourth-order valence-corrected chi connectivity index (χ4v) is 6.00. The number of carbonyl (C=O) groups is 3. The van der Waals surface area contributed by atoms with Crippen molar-refractivity contribution in [1.29, 1.82) is 0 Å². The van der Waals surface area contributed by atoms with Crippen LogP contribution in [0.4, 0.5) is 8.78 Å². The van der Waals surface area contributed by atoms with Crippen LogP contribution in [0.5, 0.6) is 0 Å². The van der Waals surface area contributed by atoms with Crippen molar-refractivity contribution >= 4 is 29.5 Å². The molecule has 192 valence electrons. The van der Waals surface area contributed by atoms with E-state index in [0.29, 0.717) is 44.8 Å². The predicted molar refractivity (Wildman–Crippen MR) is 135 cm³/mol. The first-order valence-corrected chi connectivity index (χ1v) is 13.2. The number of carbonyl (C=O) groups excluding carboxylic acids is 3. The van der Waals surface area contributed by atoms with Crippen molar-refractivity contribution in [3.63, 3.8) is 0 Å². The molecule has 4 rings (SSSR count). The second kappa shape index (κ2) is 11.0. The molecule has 0 bridgehead atoms. The molecule has 0 aliphatic carbocycles. The summed E-state index contributed by atoms with van der Waals surface area (Å²) in [7, 11) is 0. The summed E-state index contributed by atoms with van der Waals surface area (Å²) in [6.45, 7) is 4.81. The molecule has 2 aliphatic heterocycles. The molecule has 1 atom stereocenters. The Hall–Kier alpha value is -2.94. The Bertz CT molecular complexity index is 1140. The number of aryl methyl sites for hydroxylation is 1. The second-order valence-electron chi connectivity index (χ2n) is 9.73. The molecule has 2 heterocycles. The minimum Gasteiger partial charge on any atom is -0.344 e. The summed E-state index contributed by atoms with van der Waals surface area (Å²) >= 11 is 1.52. The third-order valence-corrected chi connectivity index (χ3v) is 8.30. The molecule has 0 saturated carbocycles. The van der Waals surface area contributed by atoms with E-state index >= 15 is 0 Å². The summed E-state index contributed by atoms with van der Waals surface area (Å²) in [5, 5.41) is 2.80. The predicted octanol–water partition coefficient (Wildman–Crippen LogP) is 4.02. The first-order valence-electron chi connectivity index (χ1n) is 12.2. The highest BCUT2D eigenvalue weighted by Gasteiger charge is 2.44. The maximum atomic E-state index is 14.5. The number of amides is 3. The Labute approximate surface area is 214 Å². The summed E-state index contributed by atoms with van der Waals surface area (Å²) in [6, 6.07) is 11.5. The average Bonchev–Trinajstić information content (AvgIpc) is 3.28. The van der Waals surface area contributed by atoms with Crippen LogP contribution in [0.25, 0.3) is 0 Å². The van der Waals surface area contributed by atoms with Crippen molar-refractivity contribution in [2.24, 2.45) is 5.41 Å². The standard InChI is InChI=1S/C27H31F2N3O3S/c1-18-8-9-21(28)23(24(18)29)26(35)31-13-10-27(11-14-31)12-15-32(17-27)25(34)22(30-19(2)33)16-36-20-6-4-3-5-7-20/h3-9,22H,10-17H2,1-2H3,(H,30,33). The first kappa shape index (κ1) is 26.1. The zero-order chi connectivity index (χ0) is 25.9. The lowest BCUT2D eigenvalue weighted by molar-refractivity contribution is -0.135. The maximum absolute atomic E-state index is 14.5.